The second-order valence-corrected chi connectivity index (χ2v) is 7.63. The van der Waals surface area contributed by atoms with Gasteiger partial charge in [0.25, 0.3) is 0 Å². The molecule has 2 aromatic carbocycles. The van der Waals surface area contributed by atoms with Gasteiger partial charge in [-0.25, -0.2) is 0 Å². The van der Waals surface area contributed by atoms with Crippen molar-refractivity contribution in [2.75, 3.05) is 19.5 Å². The Morgan fingerprint density at radius 3 is 2.54 bits per heavy atom. The predicted molar refractivity (Wildman–Crippen MR) is 111 cm³/mol. The van der Waals surface area contributed by atoms with Crippen molar-refractivity contribution in [3.8, 4) is 22.9 Å². The smallest absolute Gasteiger partial charge is 0.191 e. The molecular formula is C21H25N3O3S. The van der Waals surface area contributed by atoms with Crippen LogP contribution in [0.15, 0.2) is 47.6 Å². The number of hydrogen-bond acceptors (Lipinski definition) is 6. The standard InChI is InChI=1S/C21H25N3O3S/c1-14-5-10-19(15(2)11-14)27-12-17(25)13-28-21-23-22-20(24(21)3)16-6-8-18(26-4)9-7-16/h5-11,17,25H,12-13H2,1-4H3. The van der Waals surface area contributed by atoms with Crippen LogP contribution in [0, 0.1) is 13.8 Å². The van der Waals surface area contributed by atoms with E-state index in [1.165, 1.54) is 17.3 Å². The molecule has 3 aromatic rings. The quantitative estimate of drug-likeness (QED) is 0.583. The number of ether oxygens (including phenoxy) is 2. The van der Waals surface area contributed by atoms with Gasteiger partial charge in [-0.05, 0) is 49.7 Å². The van der Waals surface area contributed by atoms with Crippen LogP contribution in [0.25, 0.3) is 11.4 Å². The molecule has 1 unspecified atom stereocenters. The molecule has 148 valence electrons. The minimum Gasteiger partial charge on any atom is -0.497 e. The maximum Gasteiger partial charge on any atom is 0.191 e. The number of thioether (sulfide) groups is 1. The number of aryl methyl sites for hydroxylation is 2. The lowest BCUT2D eigenvalue weighted by atomic mass is 10.1. The molecule has 3 rings (SSSR count). The summed E-state index contributed by atoms with van der Waals surface area (Å²) in [6, 6.07) is 13.7. The first-order valence-electron chi connectivity index (χ1n) is 9.02. The van der Waals surface area contributed by atoms with Crippen LogP contribution in [-0.2, 0) is 7.05 Å². The highest BCUT2D eigenvalue weighted by Crippen LogP contribution is 2.25. The van der Waals surface area contributed by atoms with Crippen molar-refractivity contribution in [1.82, 2.24) is 14.8 Å². The molecule has 1 atom stereocenters. The maximum absolute atomic E-state index is 10.3. The van der Waals surface area contributed by atoms with Gasteiger partial charge < -0.3 is 19.1 Å². The molecule has 28 heavy (non-hydrogen) atoms. The Morgan fingerprint density at radius 1 is 1.11 bits per heavy atom. The minimum absolute atomic E-state index is 0.236. The fourth-order valence-electron chi connectivity index (χ4n) is 2.80. The van der Waals surface area contributed by atoms with Crippen LogP contribution in [0.1, 0.15) is 11.1 Å². The van der Waals surface area contributed by atoms with Gasteiger partial charge in [0.15, 0.2) is 11.0 Å². The molecule has 0 bridgehead atoms. The van der Waals surface area contributed by atoms with Crippen LogP contribution >= 0.6 is 11.8 Å². The van der Waals surface area contributed by atoms with Gasteiger partial charge >= 0.3 is 0 Å². The zero-order valence-electron chi connectivity index (χ0n) is 16.5. The minimum atomic E-state index is -0.605. The van der Waals surface area contributed by atoms with Gasteiger partial charge in [0.05, 0.1) is 13.2 Å². The number of benzene rings is 2. The molecule has 0 saturated heterocycles. The molecule has 0 aliphatic heterocycles. The van der Waals surface area contributed by atoms with Crippen LogP contribution < -0.4 is 9.47 Å². The molecule has 1 N–H and O–H groups in total. The van der Waals surface area contributed by atoms with Crippen molar-refractivity contribution in [1.29, 1.82) is 0 Å². The number of aliphatic hydroxyl groups excluding tert-OH is 1. The Labute approximate surface area is 169 Å². The second kappa shape index (κ2) is 9.12. The summed E-state index contributed by atoms with van der Waals surface area (Å²) in [6.07, 6.45) is -0.605. The Bertz CT molecular complexity index is 925. The highest BCUT2D eigenvalue weighted by atomic mass is 32.2. The van der Waals surface area contributed by atoms with Crippen LogP contribution in [0.4, 0.5) is 0 Å². The lowest BCUT2D eigenvalue weighted by Crippen LogP contribution is -2.20. The maximum atomic E-state index is 10.3. The summed E-state index contributed by atoms with van der Waals surface area (Å²) in [5.41, 5.74) is 3.22. The lowest BCUT2D eigenvalue weighted by Gasteiger charge is -2.14. The first-order valence-corrected chi connectivity index (χ1v) is 10.0. The number of methoxy groups -OCH3 is 1. The number of aliphatic hydroxyl groups is 1. The van der Waals surface area contributed by atoms with Crippen LogP contribution in [0.3, 0.4) is 0 Å². The molecule has 6 nitrogen and oxygen atoms in total. The van der Waals surface area contributed by atoms with E-state index >= 15 is 0 Å². The van der Waals surface area contributed by atoms with Crippen LogP contribution in [0.5, 0.6) is 11.5 Å². The average molecular weight is 400 g/mol. The molecule has 0 amide bonds. The number of aromatic nitrogens is 3. The van der Waals surface area contributed by atoms with Crippen LogP contribution in [-0.4, -0.2) is 45.4 Å². The first-order chi connectivity index (χ1) is 13.5. The summed E-state index contributed by atoms with van der Waals surface area (Å²) in [6.45, 7) is 4.28. The summed E-state index contributed by atoms with van der Waals surface area (Å²) < 4.78 is 12.9. The van der Waals surface area contributed by atoms with E-state index < -0.39 is 6.10 Å². The summed E-state index contributed by atoms with van der Waals surface area (Å²) in [7, 11) is 3.56. The van der Waals surface area contributed by atoms with Gasteiger partial charge in [0.1, 0.15) is 18.1 Å². The summed E-state index contributed by atoms with van der Waals surface area (Å²) in [4.78, 5) is 0. The van der Waals surface area contributed by atoms with Crippen molar-refractivity contribution < 1.29 is 14.6 Å². The van der Waals surface area contributed by atoms with Crippen molar-refractivity contribution in [2.24, 2.45) is 7.05 Å². The van der Waals surface area contributed by atoms with Gasteiger partial charge in [-0.3, -0.25) is 0 Å². The summed E-state index contributed by atoms with van der Waals surface area (Å²) in [5.74, 6) is 2.84. The molecule has 0 saturated carbocycles. The average Bonchev–Trinajstić information content (AvgIpc) is 3.06. The zero-order chi connectivity index (χ0) is 20.1. The highest BCUT2D eigenvalue weighted by molar-refractivity contribution is 7.99. The fraction of sp³-hybridized carbons (Fsp3) is 0.333. The molecule has 0 fully saturated rings. The van der Waals surface area contributed by atoms with Crippen LogP contribution in [0.2, 0.25) is 0 Å². The number of nitrogens with zero attached hydrogens (tertiary/aromatic N) is 3. The predicted octanol–water partition coefficient (Wildman–Crippen LogP) is 3.64. The van der Waals surface area contributed by atoms with E-state index in [0.29, 0.717) is 5.75 Å². The SMILES string of the molecule is COc1ccc(-c2nnc(SCC(O)COc3ccc(C)cc3C)n2C)cc1. The molecule has 0 aliphatic rings. The van der Waals surface area contributed by atoms with E-state index in [0.717, 1.165) is 33.6 Å². The Hall–Kier alpha value is -2.51. The van der Waals surface area contributed by atoms with E-state index in [-0.39, 0.29) is 6.61 Å². The molecule has 0 radical (unpaired) electrons. The second-order valence-electron chi connectivity index (χ2n) is 6.64. The van der Waals surface area contributed by atoms with Crippen molar-refractivity contribution in [3.63, 3.8) is 0 Å². The van der Waals surface area contributed by atoms with Crippen molar-refractivity contribution in [2.45, 2.75) is 25.1 Å². The summed E-state index contributed by atoms with van der Waals surface area (Å²) in [5, 5.41) is 19.5. The topological polar surface area (TPSA) is 69.4 Å². The largest absolute Gasteiger partial charge is 0.497 e. The first kappa shape index (κ1) is 20.2. The molecule has 1 aromatic heterocycles. The Kier molecular flexibility index (Phi) is 6.59. The lowest BCUT2D eigenvalue weighted by molar-refractivity contribution is 0.126. The molecule has 7 heteroatoms. The van der Waals surface area contributed by atoms with E-state index in [4.69, 9.17) is 9.47 Å². The van der Waals surface area contributed by atoms with E-state index in [2.05, 4.69) is 16.3 Å². The summed E-state index contributed by atoms with van der Waals surface area (Å²) >= 11 is 1.45. The number of hydrogen-bond donors (Lipinski definition) is 1. The molecule has 1 heterocycles. The van der Waals surface area contributed by atoms with Gasteiger partial charge in [0.2, 0.25) is 0 Å². The van der Waals surface area contributed by atoms with E-state index in [1.807, 2.05) is 61.9 Å². The number of rotatable bonds is 8. The van der Waals surface area contributed by atoms with Gasteiger partial charge in [-0.2, -0.15) is 0 Å². The van der Waals surface area contributed by atoms with E-state index in [9.17, 15) is 5.11 Å². The van der Waals surface area contributed by atoms with Gasteiger partial charge in [0, 0.05) is 18.4 Å². The molecule has 0 aliphatic carbocycles. The highest BCUT2D eigenvalue weighted by Gasteiger charge is 2.14. The third-order valence-corrected chi connectivity index (χ3v) is 5.51. The third-order valence-electron chi connectivity index (χ3n) is 4.35. The molecular weight excluding hydrogens is 374 g/mol. The van der Waals surface area contributed by atoms with Crippen molar-refractivity contribution in [3.05, 3.63) is 53.6 Å². The van der Waals surface area contributed by atoms with Crippen molar-refractivity contribution >= 4 is 11.8 Å². The molecule has 0 spiro atoms. The van der Waals surface area contributed by atoms with Gasteiger partial charge in [-0.1, -0.05) is 29.5 Å². The monoisotopic (exact) mass is 399 g/mol. The Morgan fingerprint density at radius 2 is 1.86 bits per heavy atom. The fourth-order valence-corrected chi connectivity index (χ4v) is 3.61. The third kappa shape index (κ3) is 4.85. The zero-order valence-corrected chi connectivity index (χ0v) is 17.4. The van der Waals surface area contributed by atoms with E-state index in [1.54, 1.807) is 7.11 Å². The van der Waals surface area contributed by atoms with Gasteiger partial charge in [-0.15, -0.1) is 10.2 Å². The Balaban J connectivity index is 1.56. The normalized spacial score (nSPS) is 12.0.